The molecule has 0 saturated carbocycles. The van der Waals surface area contributed by atoms with Gasteiger partial charge in [-0.05, 0) is 39.3 Å². The molecule has 19 heavy (non-hydrogen) atoms. The van der Waals surface area contributed by atoms with Crippen LogP contribution in [0.1, 0.15) is 39.5 Å². The number of rotatable bonds is 6. The van der Waals surface area contributed by atoms with E-state index in [2.05, 4.69) is 10.2 Å². The van der Waals surface area contributed by atoms with Gasteiger partial charge in [-0.2, -0.15) is 0 Å². The lowest BCUT2D eigenvalue weighted by molar-refractivity contribution is -0.141. The minimum Gasteiger partial charge on any atom is -0.304 e. The highest BCUT2D eigenvalue weighted by atomic mass is 16.2. The van der Waals surface area contributed by atoms with Crippen molar-refractivity contribution in [2.45, 2.75) is 51.6 Å². The molecule has 0 radical (unpaired) electrons. The summed E-state index contributed by atoms with van der Waals surface area (Å²) in [5.74, 6) is -0.0706. The molecule has 0 aromatic heterocycles. The zero-order valence-corrected chi connectivity index (χ0v) is 12.0. The van der Waals surface area contributed by atoms with E-state index in [-0.39, 0.29) is 23.9 Å². The molecule has 2 unspecified atom stereocenters. The summed E-state index contributed by atoms with van der Waals surface area (Å²) in [6.07, 6.45) is 3.70. The zero-order valence-electron chi connectivity index (χ0n) is 12.0. The van der Waals surface area contributed by atoms with Crippen molar-refractivity contribution in [3.63, 3.8) is 0 Å². The molecule has 5 heteroatoms. The van der Waals surface area contributed by atoms with E-state index in [0.717, 1.165) is 32.6 Å². The van der Waals surface area contributed by atoms with Crippen LogP contribution in [0.2, 0.25) is 0 Å². The molecular weight excluding hydrogens is 242 g/mol. The first-order chi connectivity index (χ1) is 9.13. The molecule has 2 amide bonds. The van der Waals surface area contributed by atoms with Crippen LogP contribution in [0.15, 0.2) is 0 Å². The number of nitrogens with one attached hydrogen (secondary N) is 1. The van der Waals surface area contributed by atoms with E-state index in [1.807, 2.05) is 13.8 Å². The maximum atomic E-state index is 12.2. The molecule has 0 bridgehead atoms. The van der Waals surface area contributed by atoms with Crippen LogP contribution in [0, 0.1) is 0 Å². The average Bonchev–Trinajstić information content (AvgIpc) is 2.98. The zero-order chi connectivity index (χ0) is 13.8. The third-order valence-corrected chi connectivity index (χ3v) is 4.23. The van der Waals surface area contributed by atoms with Gasteiger partial charge in [0.25, 0.3) is 0 Å². The Morgan fingerprint density at radius 3 is 2.63 bits per heavy atom. The number of hydrogen-bond acceptors (Lipinski definition) is 4. The second kappa shape index (κ2) is 6.48. The maximum Gasteiger partial charge on any atom is 0.247 e. The van der Waals surface area contributed by atoms with Crippen LogP contribution < -0.4 is 5.32 Å². The van der Waals surface area contributed by atoms with E-state index in [0.29, 0.717) is 6.42 Å². The molecule has 0 spiro atoms. The highest BCUT2D eigenvalue weighted by Crippen LogP contribution is 2.17. The minimum atomic E-state index is -0.302. The molecular formula is C14H25N3O2. The van der Waals surface area contributed by atoms with Crippen molar-refractivity contribution >= 4 is 11.8 Å². The fourth-order valence-electron chi connectivity index (χ4n) is 2.86. The van der Waals surface area contributed by atoms with Crippen molar-refractivity contribution in [3.05, 3.63) is 0 Å². The van der Waals surface area contributed by atoms with Gasteiger partial charge < -0.3 is 10.2 Å². The van der Waals surface area contributed by atoms with E-state index in [9.17, 15) is 9.59 Å². The van der Waals surface area contributed by atoms with Crippen LogP contribution >= 0.6 is 0 Å². The standard InChI is InChI=1S/C14H25N3O2/c1-3-11(2)17-13(18)10-12(14(17)19)15-6-9-16-7-4-5-8-16/h11-12,15H,3-10H2,1-2H3. The molecule has 0 aromatic rings. The summed E-state index contributed by atoms with van der Waals surface area (Å²) >= 11 is 0. The fraction of sp³-hybridized carbons (Fsp3) is 0.857. The van der Waals surface area contributed by atoms with Crippen LogP contribution in [0.4, 0.5) is 0 Å². The summed E-state index contributed by atoms with van der Waals surface area (Å²) < 4.78 is 0. The van der Waals surface area contributed by atoms with Gasteiger partial charge in [-0.15, -0.1) is 0 Å². The van der Waals surface area contributed by atoms with Crippen LogP contribution in [-0.4, -0.2) is 59.9 Å². The van der Waals surface area contributed by atoms with Gasteiger partial charge in [-0.1, -0.05) is 6.92 Å². The summed E-state index contributed by atoms with van der Waals surface area (Å²) in [7, 11) is 0. The van der Waals surface area contributed by atoms with E-state index < -0.39 is 0 Å². The number of likely N-dealkylation sites (tertiary alicyclic amines) is 2. The normalized spacial score (nSPS) is 26.4. The van der Waals surface area contributed by atoms with Crippen molar-refractivity contribution in [1.82, 2.24) is 15.1 Å². The Balaban J connectivity index is 1.78. The fourth-order valence-corrected chi connectivity index (χ4v) is 2.86. The lowest BCUT2D eigenvalue weighted by Gasteiger charge is -2.22. The molecule has 108 valence electrons. The van der Waals surface area contributed by atoms with E-state index in [4.69, 9.17) is 0 Å². The van der Waals surface area contributed by atoms with Crippen molar-refractivity contribution in [1.29, 1.82) is 0 Å². The van der Waals surface area contributed by atoms with E-state index in [1.54, 1.807) is 0 Å². The maximum absolute atomic E-state index is 12.2. The summed E-state index contributed by atoms with van der Waals surface area (Å²) in [5.41, 5.74) is 0. The van der Waals surface area contributed by atoms with Gasteiger partial charge >= 0.3 is 0 Å². The largest absolute Gasteiger partial charge is 0.304 e. The SMILES string of the molecule is CCC(C)N1C(=O)CC(NCCN2CCCC2)C1=O. The lowest BCUT2D eigenvalue weighted by Crippen LogP contribution is -2.44. The van der Waals surface area contributed by atoms with Crippen LogP contribution in [0.25, 0.3) is 0 Å². The first-order valence-electron chi connectivity index (χ1n) is 7.45. The van der Waals surface area contributed by atoms with Gasteiger partial charge in [0, 0.05) is 19.1 Å². The molecule has 2 heterocycles. The molecule has 2 saturated heterocycles. The molecule has 2 aliphatic rings. The number of carbonyl (C=O) groups is 2. The number of amides is 2. The summed E-state index contributed by atoms with van der Waals surface area (Å²) in [6.45, 7) is 8.03. The summed E-state index contributed by atoms with van der Waals surface area (Å²) in [4.78, 5) is 27.9. The van der Waals surface area contributed by atoms with E-state index in [1.165, 1.54) is 17.7 Å². The monoisotopic (exact) mass is 267 g/mol. The second-order valence-corrected chi connectivity index (χ2v) is 5.62. The van der Waals surface area contributed by atoms with E-state index >= 15 is 0 Å². The van der Waals surface area contributed by atoms with Gasteiger partial charge in [0.05, 0.1) is 12.5 Å². The first kappa shape index (κ1) is 14.5. The smallest absolute Gasteiger partial charge is 0.247 e. The Hall–Kier alpha value is -0.940. The molecule has 2 aliphatic heterocycles. The highest BCUT2D eigenvalue weighted by molar-refractivity contribution is 6.05. The average molecular weight is 267 g/mol. The first-order valence-corrected chi connectivity index (χ1v) is 7.45. The van der Waals surface area contributed by atoms with Crippen LogP contribution in [0.5, 0.6) is 0 Å². The van der Waals surface area contributed by atoms with Crippen molar-refractivity contribution in [2.24, 2.45) is 0 Å². The lowest BCUT2D eigenvalue weighted by atomic mass is 10.2. The quantitative estimate of drug-likeness (QED) is 0.716. The molecule has 0 aromatic carbocycles. The van der Waals surface area contributed by atoms with Crippen molar-refractivity contribution in [2.75, 3.05) is 26.2 Å². The summed E-state index contributed by atoms with van der Waals surface area (Å²) in [5, 5.41) is 3.24. The van der Waals surface area contributed by atoms with Crippen LogP contribution in [0.3, 0.4) is 0 Å². The molecule has 1 N–H and O–H groups in total. The molecule has 2 rings (SSSR count). The highest BCUT2D eigenvalue weighted by Gasteiger charge is 2.40. The molecule has 2 atom stereocenters. The third-order valence-electron chi connectivity index (χ3n) is 4.23. The summed E-state index contributed by atoms with van der Waals surface area (Å²) in [6, 6.07) is -0.283. The Labute approximate surface area is 115 Å². The van der Waals surface area contributed by atoms with Gasteiger partial charge in [0.1, 0.15) is 0 Å². The number of nitrogens with zero attached hydrogens (tertiary/aromatic N) is 2. The Morgan fingerprint density at radius 2 is 2.00 bits per heavy atom. The number of carbonyl (C=O) groups excluding carboxylic acids is 2. The minimum absolute atomic E-state index is 0.0189. The van der Waals surface area contributed by atoms with Gasteiger partial charge in [0.15, 0.2) is 0 Å². The second-order valence-electron chi connectivity index (χ2n) is 5.62. The molecule has 5 nitrogen and oxygen atoms in total. The molecule has 0 aliphatic carbocycles. The van der Waals surface area contributed by atoms with Crippen molar-refractivity contribution in [3.8, 4) is 0 Å². The Kier molecular flexibility index (Phi) is 4.93. The number of hydrogen-bond donors (Lipinski definition) is 1. The van der Waals surface area contributed by atoms with Gasteiger partial charge in [-0.3, -0.25) is 14.5 Å². The van der Waals surface area contributed by atoms with Crippen LogP contribution in [-0.2, 0) is 9.59 Å². The molecule has 2 fully saturated rings. The topological polar surface area (TPSA) is 52.7 Å². The van der Waals surface area contributed by atoms with Crippen molar-refractivity contribution < 1.29 is 9.59 Å². The van der Waals surface area contributed by atoms with Gasteiger partial charge in [0.2, 0.25) is 11.8 Å². The third kappa shape index (κ3) is 3.34. The number of imide groups is 1. The predicted octanol–water partition coefficient (Wildman–Crippen LogP) is 0.598. The Bertz CT molecular complexity index is 340. The Morgan fingerprint density at radius 1 is 1.32 bits per heavy atom. The van der Waals surface area contributed by atoms with Gasteiger partial charge in [-0.25, -0.2) is 0 Å². The predicted molar refractivity (Wildman–Crippen MR) is 73.7 cm³/mol.